The molecule has 4 heteroatoms. The quantitative estimate of drug-likeness (QED) is 0.896. The van der Waals surface area contributed by atoms with E-state index in [1.54, 1.807) is 0 Å². The Morgan fingerprint density at radius 1 is 1.14 bits per heavy atom. The van der Waals surface area contributed by atoms with E-state index < -0.39 is 6.10 Å². The highest BCUT2D eigenvalue weighted by Crippen LogP contribution is 2.38. The summed E-state index contributed by atoms with van der Waals surface area (Å²) in [5.41, 5.74) is 0.319. The molecule has 0 aliphatic carbocycles. The molecule has 1 aromatic rings. The highest BCUT2D eigenvalue weighted by Gasteiger charge is 2.46. The predicted octanol–water partition coefficient (Wildman–Crippen LogP) is 2.67. The third-order valence-corrected chi connectivity index (χ3v) is 4.12. The van der Waals surface area contributed by atoms with Crippen molar-refractivity contribution < 1.29 is 15.1 Å². The molecular formula is C17H27NO3. The van der Waals surface area contributed by atoms with Gasteiger partial charge in [0.05, 0.1) is 12.7 Å². The first kappa shape index (κ1) is 16.4. The maximum atomic E-state index is 10.2. The fourth-order valence-corrected chi connectivity index (χ4v) is 3.48. The SMILES string of the molecule is CC1(C)CC(O)CC(C)(C)N1OCC(O)c1ccccc1. The molecule has 118 valence electrons. The van der Waals surface area contributed by atoms with Crippen molar-refractivity contribution in [2.24, 2.45) is 0 Å². The summed E-state index contributed by atoms with van der Waals surface area (Å²) in [6.07, 6.45) is 0.369. The Morgan fingerprint density at radius 3 is 2.19 bits per heavy atom. The zero-order valence-corrected chi connectivity index (χ0v) is 13.4. The number of hydrogen-bond donors (Lipinski definition) is 2. The van der Waals surface area contributed by atoms with Gasteiger partial charge in [0.25, 0.3) is 0 Å². The molecule has 1 fully saturated rings. The van der Waals surface area contributed by atoms with E-state index >= 15 is 0 Å². The zero-order chi connectivity index (χ0) is 15.7. The lowest BCUT2D eigenvalue weighted by Crippen LogP contribution is -2.61. The van der Waals surface area contributed by atoms with E-state index in [2.05, 4.69) is 27.7 Å². The summed E-state index contributed by atoms with van der Waals surface area (Å²) in [5.74, 6) is 0. The third kappa shape index (κ3) is 3.83. The molecule has 1 aromatic carbocycles. The van der Waals surface area contributed by atoms with Gasteiger partial charge in [0, 0.05) is 11.1 Å². The van der Waals surface area contributed by atoms with Gasteiger partial charge in [-0.2, -0.15) is 5.06 Å². The van der Waals surface area contributed by atoms with E-state index in [0.29, 0.717) is 12.8 Å². The van der Waals surface area contributed by atoms with Gasteiger partial charge in [-0.15, -0.1) is 0 Å². The van der Waals surface area contributed by atoms with Crippen LogP contribution in [0.1, 0.15) is 52.2 Å². The molecule has 0 saturated carbocycles. The Bertz CT molecular complexity index is 440. The molecule has 1 aliphatic rings. The molecule has 21 heavy (non-hydrogen) atoms. The highest BCUT2D eigenvalue weighted by atomic mass is 16.7. The monoisotopic (exact) mass is 293 g/mol. The summed E-state index contributed by atoms with van der Waals surface area (Å²) in [4.78, 5) is 5.95. The van der Waals surface area contributed by atoms with Crippen LogP contribution in [0.15, 0.2) is 30.3 Å². The molecule has 0 radical (unpaired) electrons. The Balaban J connectivity index is 2.04. The number of hydrogen-bond acceptors (Lipinski definition) is 4. The molecule has 2 rings (SSSR count). The summed E-state index contributed by atoms with van der Waals surface area (Å²) >= 11 is 0. The average molecular weight is 293 g/mol. The Labute approximate surface area is 127 Å². The number of aliphatic hydroxyl groups excluding tert-OH is 2. The summed E-state index contributed by atoms with van der Waals surface area (Å²) in [6, 6.07) is 9.53. The number of rotatable bonds is 4. The minimum absolute atomic E-state index is 0.215. The molecule has 1 atom stereocenters. The van der Waals surface area contributed by atoms with Gasteiger partial charge in [0.1, 0.15) is 6.10 Å². The number of hydroxylamine groups is 2. The second-order valence-electron chi connectivity index (χ2n) is 7.20. The predicted molar refractivity (Wildman–Crippen MR) is 82.6 cm³/mol. The summed E-state index contributed by atoms with van der Waals surface area (Å²) in [5, 5.41) is 22.2. The maximum absolute atomic E-state index is 10.2. The third-order valence-electron chi connectivity index (χ3n) is 4.12. The van der Waals surface area contributed by atoms with Crippen LogP contribution >= 0.6 is 0 Å². The van der Waals surface area contributed by atoms with E-state index in [9.17, 15) is 10.2 Å². The molecule has 1 saturated heterocycles. The standard InChI is InChI=1S/C17H27NO3/c1-16(2)10-14(19)11-17(3,4)18(16)21-12-15(20)13-8-6-5-7-9-13/h5-9,14-15,19-20H,10-12H2,1-4H3. The average Bonchev–Trinajstić information content (AvgIpc) is 2.36. The van der Waals surface area contributed by atoms with Crippen LogP contribution in [0.4, 0.5) is 0 Å². The second-order valence-corrected chi connectivity index (χ2v) is 7.20. The van der Waals surface area contributed by atoms with Crippen molar-refractivity contribution >= 4 is 0 Å². The summed E-state index contributed by atoms with van der Waals surface area (Å²) in [7, 11) is 0. The van der Waals surface area contributed by atoms with E-state index in [4.69, 9.17) is 4.84 Å². The first-order valence-electron chi connectivity index (χ1n) is 7.57. The first-order valence-corrected chi connectivity index (χ1v) is 7.57. The maximum Gasteiger partial charge on any atom is 0.104 e. The van der Waals surface area contributed by atoms with Gasteiger partial charge in [-0.25, -0.2) is 0 Å². The molecule has 0 bridgehead atoms. The highest BCUT2D eigenvalue weighted by molar-refractivity contribution is 5.17. The fraction of sp³-hybridized carbons (Fsp3) is 0.647. The van der Waals surface area contributed by atoms with E-state index in [0.717, 1.165) is 5.56 Å². The molecule has 1 unspecified atom stereocenters. The Hall–Kier alpha value is -0.940. The van der Waals surface area contributed by atoms with Crippen molar-refractivity contribution in [1.82, 2.24) is 5.06 Å². The van der Waals surface area contributed by atoms with Crippen molar-refractivity contribution in [3.8, 4) is 0 Å². The number of piperidine rings is 1. The number of aliphatic hydroxyl groups is 2. The van der Waals surface area contributed by atoms with Gasteiger partial charge >= 0.3 is 0 Å². The van der Waals surface area contributed by atoms with E-state index in [1.165, 1.54) is 0 Å². The molecule has 0 amide bonds. The Morgan fingerprint density at radius 2 is 1.67 bits per heavy atom. The van der Waals surface area contributed by atoms with Crippen molar-refractivity contribution in [2.45, 2.75) is 63.8 Å². The van der Waals surface area contributed by atoms with Gasteiger partial charge in [0.15, 0.2) is 0 Å². The van der Waals surface area contributed by atoms with E-state index in [-0.39, 0.29) is 23.8 Å². The molecule has 0 spiro atoms. The van der Waals surface area contributed by atoms with Crippen LogP contribution in [0.5, 0.6) is 0 Å². The van der Waals surface area contributed by atoms with Crippen LogP contribution in [0.2, 0.25) is 0 Å². The number of nitrogens with zero attached hydrogens (tertiary/aromatic N) is 1. The molecule has 1 heterocycles. The fourth-order valence-electron chi connectivity index (χ4n) is 3.48. The molecule has 0 aromatic heterocycles. The largest absolute Gasteiger partial charge is 0.393 e. The lowest BCUT2D eigenvalue weighted by Gasteiger charge is -2.52. The van der Waals surface area contributed by atoms with Gasteiger partial charge < -0.3 is 10.2 Å². The van der Waals surface area contributed by atoms with Crippen LogP contribution in [0.25, 0.3) is 0 Å². The van der Waals surface area contributed by atoms with Crippen molar-refractivity contribution in [1.29, 1.82) is 0 Å². The van der Waals surface area contributed by atoms with Gasteiger partial charge in [-0.3, -0.25) is 4.84 Å². The van der Waals surface area contributed by atoms with Crippen LogP contribution in [-0.2, 0) is 4.84 Å². The normalized spacial score (nSPS) is 23.9. The van der Waals surface area contributed by atoms with Crippen LogP contribution in [0, 0.1) is 0 Å². The Kier molecular flexibility index (Phi) is 4.73. The van der Waals surface area contributed by atoms with Crippen LogP contribution < -0.4 is 0 Å². The molecule has 2 N–H and O–H groups in total. The smallest absolute Gasteiger partial charge is 0.104 e. The minimum Gasteiger partial charge on any atom is -0.393 e. The zero-order valence-electron chi connectivity index (χ0n) is 13.4. The van der Waals surface area contributed by atoms with Crippen molar-refractivity contribution in [2.75, 3.05) is 6.61 Å². The van der Waals surface area contributed by atoms with Crippen molar-refractivity contribution in [3.05, 3.63) is 35.9 Å². The molecule has 4 nitrogen and oxygen atoms in total. The minimum atomic E-state index is -0.648. The lowest BCUT2D eigenvalue weighted by molar-refractivity contribution is -0.300. The molecular weight excluding hydrogens is 266 g/mol. The van der Waals surface area contributed by atoms with Crippen LogP contribution in [0.3, 0.4) is 0 Å². The van der Waals surface area contributed by atoms with Crippen molar-refractivity contribution in [3.63, 3.8) is 0 Å². The second kappa shape index (κ2) is 6.05. The lowest BCUT2D eigenvalue weighted by atomic mass is 9.80. The summed E-state index contributed by atoms with van der Waals surface area (Å²) < 4.78 is 0. The van der Waals surface area contributed by atoms with Gasteiger partial charge in [-0.1, -0.05) is 30.3 Å². The summed E-state index contributed by atoms with van der Waals surface area (Å²) in [6.45, 7) is 8.46. The van der Waals surface area contributed by atoms with Gasteiger partial charge in [0.2, 0.25) is 0 Å². The van der Waals surface area contributed by atoms with Crippen LogP contribution in [-0.4, -0.2) is 39.1 Å². The number of benzene rings is 1. The van der Waals surface area contributed by atoms with E-state index in [1.807, 2.05) is 35.4 Å². The van der Waals surface area contributed by atoms with Gasteiger partial charge in [-0.05, 0) is 46.1 Å². The first-order chi connectivity index (χ1) is 9.72. The molecule has 1 aliphatic heterocycles. The topological polar surface area (TPSA) is 52.9 Å².